The summed E-state index contributed by atoms with van der Waals surface area (Å²) < 4.78 is 0. The molecule has 0 spiro atoms. The van der Waals surface area contributed by atoms with Crippen LogP contribution < -0.4 is 0 Å². The third-order valence-corrected chi connectivity index (χ3v) is 9.64. The number of ketones is 1. The summed E-state index contributed by atoms with van der Waals surface area (Å²) in [6.07, 6.45) is 3.73. The van der Waals surface area contributed by atoms with Gasteiger partial charge >= 0.3 is 0 Å². The van der Waals surface area contributed by atoms with E-state index < -0.39 is 0 Å². The first-order valence-corrected chi connectivity index (χ1v) is 14.9. The second kappa shape index (κ2) is 8.99. The molecule has 0 fully saturated rings. The lowest BCUT2D eigenvalue weighted by Gasteiger charge is -2.12. The van der Waals surface area contributed by atoms with Gasteiger partial charge < -0.3 is 0 Å². The number of hydrogen-bond donors (Lipinski definition) is 0. The van der Waals surface area contributed by atoms with Crippen LogP contribution in [0.4, 0.5) is 0 Å². The molecule has 0 aromatic heterocycles. The van der Waals surface area contributed by atoms with Gasteiger partial charge in [0.15, 0.2) is 5.78 Å². The molecule has 9 rings (SSSR count). The predicted molar refractivity (Wildman–Crippen MR) is 171 cm³/mol. The molecule has 198 valence electrons. The van der Waals surface area contributed by atoms with Crippen molar-refractivity contribution in [3.8, 4) is 44.5 Å². The van der Waals surface area contributed by atoms with E-state index in [4.69, 9.17) is 0 Å². The van der Waals surface area contributed by atoms with Gasteiger partial charge in [-0.25, -0.2) is 0 Å². The molecule has 1 nitrogen and oxygen atoms in total. The van der Waals surface area contributed by atoms with Gasteiger partial charge in [0.2, 0.25) is 0 Å². The Bertz CT molecular complexity index is 1960. The number of carbonyl (C=O) groups excluding carboxylic acids is 1. The van der Waals surface area contributed by atoms with Crippen LogP contribution in [0.3, 0.4) is 0 Å². The molecule has 0 heterocycles. The second-order valence-corrected chi connectivity index (χ2v) is 12.0. The average Bonchev–Trinajstić information content (AvgIpc) is 3.57. The van der Waals surface area contributed by atoms with Crippen molar-refractivity contribution < 1.29 is 4.79 Å². The van der Waals surface area contributed by atoms with Gasteiger partial charge in [-0.2, -0.15) is 0 Å². The van der Waals surface area contributed by atoms with Gasteiger partial charge in [0.05, 0.1) is 0 Å². The SMILES string of the molecule is O=C1c2cc(-c3ccc4c(c3)-c3ccccc3C4)ccc2CCc2ccc(-c3ccc4c(c3)-c3ccccc3C4)cc21. The molecule has 0 atom stereocenters. The van der Waals surface area contributed by atoms with E-state index in [0.29, 0.717) is 0 Å². The van der Waals surface area contributed by atoms with Crippen LogP contribution in [0.2, 0.25) is 0 Å². The van der Waals surface area contributed by atoms with Gasteiger partial charge in [0.25, 0.3) is 0 Å². The first-order chi connectivity index (χ1) is 20.7. The highest BCUT2D eigenvalue weighted by Gasteiger charge is 2.24. The zero-order valence-corrected chi connectivity index (χ0v) is 23.3. The number of carbonyl (C=O) groups is 1. The van der Waals surface area contributed by atoms with Crippen molar-refractivity contribution in [2.45, 2.75) is 25.7 Å². The van der Waals surface area contributed by atoms with Gasteiger partial charge in [-0.05, 0) is 128 Å². The molecular formula is C41H28O. The van der Waals surface area contributed by atoms with Crippen molar-refractivity contribution in [2.24, 2.45) is 0 Å². The van der Waals surface area contributed by atoms with Crippen molar-refractivity contribution in [1.82, 2.24) is 0 Å². The standard InChI is InChI=1S/C41H28O/c42-41-39-23-29(27-15-17-33-19-31-5-1-3-7-35(31)37(33)21-27)13-11-25(39)9-10-26-12-14-30(24-40(26)41)28-16-18-34-20-32-6-2-4-8-36(32)38(34)22-28/h1-8,11-18,21-24H,9-10,19-20H2. The molecule has 0 N–H and O–H groups in total. The van der Waals surface area contributed by atoms with Crippen molar-refractivity contribution in [1.29, 1.82) is 0 Å². The molecule has 0 saturated heterocycles. The molecule has 42 heavy (non-hydrogen) atoms. The van der Waals surface area contributed by atoms with E-state index in [1.807, 2.05) is 0 Å². The van der Waals surface area contributed by atoms with Crippen molar-refractivity contribution >= 4 is 5.78 Å². The Balaban J connectivity index is 1.10. The lowest BCUT2D eigenvalue weighted by Crippen LogP contribution is -2.05. The van der Waals surface area contributed by atoms with Crippen molar-refractivity contribution in [3.05, 3.63) is 166 Å². The topological polar surface area (TPSA) is 17.1 Å². The number of hydrogen-bond acceptors (Lipinski definition) is 1. The maximum absolute atomic E-state index is 14.2. The highest BCUT2D eigenvalue weighted by Crippen LogP contribution is 2.41. The fraction of sp³-hybridized carbons (Fsp3) is 0.0976. The third-order valence-electron chi connectivity index (χ3n) is 9.64. The van der Waals surface area contributed by atoms with E-state index >= 15 is 0 Å². The quantitative estimate of drug-likeness (QED) is 0.215. The molecule has 0 radical (unpaired) electrons. The van der Waals surface area contributed by atoms with Gasteiger partial charge in [-0.3, -0.25) is 4.79 Å². The number of benzene rings is 6. The first kappa shape index (κ1) is 23.7. The summed E-state index contributed by atoms with van der Waals surface area (Å²) in [5.41, 5.74) is 19.3. The summed E-state index contributed by atoms with van der Waals surface area (Å²) in [6, 6.07) is 43.9. The zero-order valence-electron chi connectivity index (χ0n) is 23.3. The van der Waals surface area contributed by atoms with Crippen LogP contribution in [-0.4, -0.2) is 5.78 Å². The molecule has 1 heteroatoms. The smallest absolute Gasteiger partial charge is 0.193 e. The Morgan fingerprint density at radius 2 is 0.690 bits per heavy atom. The third kappa shape index (κ3) is 3.60. The molecule has 0 saturated carbocycles. The predicted octanol–water partition coefficient (Wildman–Crippen LogP) is 9.49. The average molecular weight is 537 g/mol. The summed E-state index contributed by atoms with van der Waals surface area (Å²) in [4.78, 5) is 14.2. The highest BCUT2D eigenvalue weighted by atomic mass is 16.1. The van der Waals surface area contributed by atoms with E-state index in [0.717, 1.165) is 70.2 Å². The Kier molecular flexibility index (Phi) is 5.07. The van der Waals surface area contributed by atoms with Crippen molar-refractivity contribution in [2.75, 3.05) is 0 Å². The van der Waals surface area contributed by atoms with Crippen LogP contribution in [0.25, 0.3) is 44.5 Å². The van der Waals surface area contributed by atoms with Crippen LogP contribution in [0, 0.1) is 0 Å². The molecule has 0 amide bonds. The van der Waals surface area contributed by atoms with E-state index in [1.54, 1.807) is 0 Å². The summed E-state index contributed by atoms with van der Waals surface area (Å²) in [5, 5.41) is 0. The minimum atomic E-state index is 0.138. The van der Waals surface area contributed by atoms with E-state index in [9.17, 15) is 4.79 Å². The van der Waals surface area contributed by atoms with Gasteiger partial charge in [0.1, 0.15) is 0 Å². The van der Waals surface area contributed by atoms with Gasteiger partial charge in [-0.1, -0.05) is 97.1 Å². The molecular weight excluding hydrogens is 508 g/mol. The maximum Gasteiger partial charge on any atom is 0.193 e. The van der Waals surface area contributed by atoms with Crippen LogP contribution >= 0.6 is 0 Å². The molecule has 0 aliphatic heterocycles. The fourth-order valence-electron chi connectivity index (χ4n) is 7.39. The number of fused-ring (bicyclic) bond motifs is 8. The minimum Gasteiger partial charge on any atom is -0.289 e. The van der Waals surface area contributed by atoms with Gasteiger partial charge in [-0.15, -0.1) is 0 Å². The molecule has 6 aromatic rings. The Labute approximate surface area is 246 Å². The molecule has 0 bridgehead atoms. The van der Waals surface area contributed by atoms with Crippen LogP contribution in [0.1, 0.15) is 49.3 Å². The lowest BCUT2D eigenvalue weighted by atomic mass is 9.91. The van der Waals surface area contributed by atoms with E-state index in [1.165, 1.54) is 44.5 Å². The van der Waals surface area contributed by atoms with E-state index in [-0.39, 0.29) is 5.78 Å². The normalized spacial score (nSPS) is 13.9. The second-order valence-electron chi connectivity index (χ2n) is 12.0. The maximum atomic E-state index is 14.2. The van der Waals surface area contributed by atoms with Crippen LogP contribution in [-0.2, 0) is 25.7 Å². The van der Waals surface area contributed by atoms with E-state index in [2.05, 4.69) is 121 Å². The molecule has 3 aliphatic rings. The Morgan fingerprint density at radius 3 is 1.14 bits per heavy atom. The Hall–Kier alpha value is -5.01. The largest absolute Gasteiger partial charge is 0.289 e. The monoisotopic (exact) mass is 536 g/mol. The van der Waals surface area contributed by atoms with Gasteiger partial charge in [0, 0.05) is 11.1 Å². The van der Waals surface area contributed by atoms with Crippen LogP contribution in [0.15, 0.2) is 121 Å². The summed E-state index contributed by atoms with van der Waals surface area (Å²) in [7, 11) is 0. The van der Waals surface area contributed by atoms with Crippen molar-refractivity contribution in [3.63, 3.8) is 0 Å². The molecule has 6 aromatic carbocycles. The molecule has 0 unspecified atom stereocenters. The summed E-state index contributed by atoms with van der Waals surface area (Å²) in [6.45, 7) is 0. The zero-order chi connectivity index (χ0) is 27.8. The molecule has 3 aliphatic carbocycles. The first-order valence-electron chi connectivity index (χ1n) is 14.9. The highest BCUT2D eigenvalue weighted by molar-refractivity contribution is 6.12. The number of rotatable bonds is 2. The fourth-order valence-corrected chi connectivity index (χ4v) is 7.39. The lowest BCUT2D eigenvalue weighted by molar-refractivity contribution is 0.103. The number of aryl methyl sites for hydroxylation is 2. The van der Waals surface area contributed by atoms with Crippen LogP contribution in [0.5, 0.6) is 0 Å². The summed E-state index contributed by atoms with van der Waals surface area (Å²) in [5.74, 6) is 0.138. The minimum absolute atomic E-state index is 0.138. The Morgan fingerprint density at radius 1 is 0.333 bits per heavy atom. The summed E-state index contributed by atoms with van der Waals surface area (Å²) >= 11 is 0.